The molecule has 0 bridgehead atoms. The minimum atomic E-state index is 0.103. The van der Waals surface area contributed by atoms with Crippen LogP contribution in [0.15, 0.2) is 24.3 Å². The van der Waals surface area contributed by atoms with E-state index in [1.165, 1.54) is 0 Å². The van der Waals surface area contributed by atoms with Crippen LogP contribution < -0.4 is 5.73 Å². The molecule has 0 radical (unpaired) electrons. The maximum Gasteiger partial charge on any atom is 0.254 e. The Morgan fingerprint density at radius 3 is 2.94 bits per heavy atom. The predicted octanol–water partition coefficient (Wildman–Crippen LogP) is 1.43. The first-order valence-corrected chi connectivity index (χ1v) is 6.39. The lowest BCUT2D eigenvalue weighted by atomic mass is 10.1. The van der Waals surface area contributed by atoms with E-state index >= 15 is 0 Å². The van der Waals surface area contributed by atoms with Crippen molar-refractivity contribution < 1.29 is 4.79 Å². The second-order valence-corrected chi connectivity index (χ2v) is 5.18. The molecule has 2 rings (SSSR count). The highest BCUT2D eigenvalue weighted by atomic mass is 16.2. The second-order valence-electron chi connectivity index (χ2n) is 5.18. The molecule has 18 heavy (non-hydrogen) atoms. The normalized spacial score (nSPS) is 19.5. The van der Waals surface area contributed by atoms with Gasteiger partial charge in [-0.25, -0.2) is 0 Å². The van der Waals surface area contributed by atoms with Crippen LogP contribution in [0.2, 0.25) is 0 Å². The van der Waals surface area contributed by atoms with Gasteiger partial charge in [0.15, 0.2) is 0 Å². The lowest BCUT2D eigenvalue weighted by Crippen LogP contribution is -2.41. The minimum absolute atomic E-state index is 0.103. The number of nitrogen functional groups attached to an aromatic ring is 1. The van der Waals surface area contributed by atoms with Crippen molar-refractivity contribution >= 4 is 11.6 Å². The Kier molecular flexibility index (Phi) is 3.87. The summed E-state index contributed by atoms with van der Waals surface area (Å²) in [5, 5.41) is 0. The molecule has 2 N–H and O–H groups in total. The SMILES string of the molecule is CN(C)CC1CCCN1C(=O)c1cccc(N)c1. The van der Waals surface area contributed by atoms with Crippen LogP contribution in [0.4, 0.5) is 5.69 Å². The van der Waals surface area contributed by atoms with Gasteiger partial charge >= 0.3 is 0 Å². The molecule has 4 nitrogen and oxygen atoms in total. The van der Waals surface area contributed by atoms with Gasteiger partial charge in [-0.15, -0.1) is 0 Å². The molecule has 0 aromatic heterocycles. The molecule has 1 atom stereocenters. The number of nitrogens with zero attached hydrogens (tertiary/aromatic N) is 2. The summed E-state index contributed by atoms with van der Waals surface area (Å²) in [5.41, 5.74) is 7.07. The third-order valence-electron chi connectivity index (χ3n) is 3.35. The molecule has 0 aliphatic carbocycles. The van der Waals surface area contributed by atoms with E-state index in [1.54, 1.807) is 12.1 Å². The van der Waals surface area contributed by atoms with E-state index < -0.39 is 0 Å². The van der Waals surface area contributed by atoms with Crippen molar-refractivity contribution in [1.82, 2.24) is 9.80 Å². The highest BCUT2D eigenvalue weighted by molar-refractivity contribution is 5.95. The van der Waals surface area contributed by atoms with Crippen LogP contribution in [0.5, 0.6) is 0 Å². The summed E-state index contributed by atoms with van der Waals surface area (Å²) in [4.78, 5) is 16.6. The number of likely N-dealkylation sites (N-methyl/N-ethyl adjacent to an activating group) is 1. The van der Waals surface area contributed by atoms with E-state index in [2.05, 4.69) is 4.90 Å². The van der Waals surface area contributed by atoms with Crippen molar-refractivity contribution in [2.75, 3.05) is 32.9 Å². The van der Waals surface area contributed by atoms with Gasteiger partial charge in [0.25, 0.3) is 5.91 Å². The molecule has 0 spiro atoms. The van der Waals surface area contributed by atoms with Crippen molar-refractivity contribution in [2.24, 2.45) is 0 Å². The van der Waals surface area contributed by atoms with E-state index in [0.29, 0.717) is 17.3 Å². The molecule has 1 heterocycles. The van der Waals surface area contributed by atoms with Crippen LogP contribution in [0, 0.1) is 0 Å². The number of nitrogens with two attached hydrogens (primary N) is 1. The third kappa shape index (κ3) is 2.82. The Labute approximate surface area is 108 Å². The Morgan fingerprint density at radius 2 is 2.28 bits per heavy atom. The number of carbonyl (C=O) groups is 1. The Hall–Kier alpha value is -1.55. The van der Waals surface area contributed by atoms with Gasteiger partial charge in [0.1, 0.15) is 0 Å². The Morgan fingerprint density at radius 1 is 1.50 bits per heavy atom. The van der Waals surface area contributed by atoms with Gasteiger partial charge in [0, 0.05) is 30.4 Å². The first kappa shape index (κ1) is 12.9. The highest BCUT2D eigenvalue weighted by Gasteiger charge is 2.29. The molecule has 0 saturated carbocycles. The number of hydrogen-bond acceptors (Lipinski definition) is 3. The average Bonchev–Trinajstić information content (AvgIpc) is 2.75. The number of benzene rings is 1. The smallest absolute Gasteiger partial charge is 0.254 e. The van der Waals surface area contributed by atoms with Crippen molar-refractivity contribution in [2.45, 2.75) is 18.9 Å². The van der Waals surface area contributed by atoms with Gasteiger partial charge in [-0.05, 0) is 45.1 Å². The van der Waals surface area contributed by atoms with Crippen LogP contribution in [-0.2, 0) is 0 Å². The number of likely N-dealkylation sites (tertiary alicyclic amines) is 1. The average molecular weight is 247 g/mol. The zero-order valence-corrected chi connectivity index (χ0v) is 11.1. The molecular weight excluding hydrogens is 226 g/mol. The summed E-state index contributed by atoms with van der Waals surface area (Å²) in [6.07, 6.45) is 2.18. The second kappa shape index (κ2) is 5.40. The lowest BCUT2D eigenvalue weighted by molar-refractivity contribution is 0.0716. The fourth-order valence-electron chi connectivity index (χ4n) is 2.55. The summed E-state index contributed by atoms with van der Waals surface area (Å²) in [5.74, 6) is 0.103. The van der Waals surface area contributed by atoms with Crippen LogP contribution in [-0.4, -0.2) is 48.9 Å². The standard InChI is InChI=1S/C14H21N3O/c1-16(2)10-13-7-4-8-17(13)14(18)11-5-3-6-12(15)9-11/h3,5-6,9,13H,4,7-8,10,15H2,1-2H3. The molecule has 1 aromatic carbocycles. The number of carbonyl (C=O) groups excluding carboxylic acids is 1. The molecular formula is C14H21N3O. The highest BCUT2D eigenvalue weighted by Crippen LogP contribution is 2.21. The topological polar surface area (TPSA) is 49.6 Å². The minimum Gasteiger partial charge on any atom is -0.399 e. The molecule has 1 amide bonds. The first-order valence-electron chi connectivity index (χ1n) is 6.39. The van der Waals surface area contributed by atoms with Crippen molar-refractivity contribution in [3.63, 3.8) is 0 Å². The molecule has 1 saturated heterocycles. The number of rotatable bonds is 3. The first-order chi connectivity index (χ1) is 8.58. The fraction of sp³-hybridized carbons (Fsp3) is 0.500. The Bertz CT molecular complexity index is 431. The molecule has 1 aromatic rings. The van der Waals surface area contributed by atoms with Crippen LogP contribution in [0.25, 0.3) is 0 Å². The largest absolute Gasteiger partial charge is 0.399 e. The number of amides is 1. The predicted molar refractivity (Wildman–Crippen MR) is 73.5 cm³/mol. The zero-order chi connectivity index (χ0) is 13.1. The van der Waals surface area contributed by atoms with Crippen LogP contribution >= 0.6 is 0 Å². The van der Waals surface area contributed by atoms with Gasteiger partial charge in [-0.2, -0.15) is 0 Å². The third-order valence-corrected chi connectivity index (χ3v) is 3.35. The summed E-state index contributed by atoms with van der Waals surface area (Å²) in [7, 11) is 4.09. The van der Waals surface area contributed by atoms with E-state index in [1.807, 2.05) is 31.1 Å². The Balaban J connectivity index is 2.12. The maximum absolute atomic E-state index is 12.4. The number of hydrogen-bond donors (Lipinski definition) is 1. The van der Waals surface area contributed by atoms with Crippen molar-refractivity contribution in [3.05, 3.63) is 29.8 Å². The van der Waals surface area contributed by atoms with Crippen molar-refractivity contribution in [3.8, 4) is 0 Å². The fourth-order valence-corrected chi connectivity index (χ4v) is 2.55. The van der Waals surface area contributed by atoms with Crippen LogP contribution in [0.1, 0.15) is 23.2 Å². The molecule has 1 aliphatic heterocycles. The van der Waals surface area contributed by atoms with E-state index in [0.717, 1.165) is 25.9 Å². The van der Waals surface area contributed by atoms with Gasteiger partial charge in [0.2, 0.25) is 0 Å². The van der Waals surface area contributed by atoms with Gasteiger partial charge < -0.3 is 15.5 Å². The molecule has 1 fully saturated rings. The summed E-state index contributed by atoms with van der Waals surface area (Å²) < 4.78 is 0. The van der Waals surface area contributed by atoms with E-state index in [9.17, 15) is 4.79 Å². The molecule has 1 unspecified atom stereocenters. The molecule has 4 heteroatoms. The lowest BCUT2D eigenvalue weighted by Gasteiger charge is -2.27. The molecule has 1 aliphatic rings. The zero-order valence-electron chi connectivity index (χ0n) is 11.1. The summed E-state index contributed by atoms with van der Waals surface area (Å²) in [6, 6.07) is 7.56. The van der Waals surface area contributed by atoms with Gasteiger partial charge in [-0.3, -0.25) is 4.79 Å². The molecule has 98 valence electrons. The maximum atomic E-state index is 12.4. The monoisotopic (exact) mass is 247 g/mol. The summed E-state index contributed by atoms with van der Waals surface area (Å²) in [6.45, 7) is 1.78. The van der Waals surface area contributed by atoms with E-state index in [-0.39, 0.29) is 5.91 Å². The quantitative estimate of drug-likeness (QED) is 0.822. The van der Waals surface area contributed by atoms with Gasteiger partial charge in [0.05, 0.1) is 0 Å². The van der Waals surface area contributed by atoms with Crippen LogP contribution in [0.3, 0.4) is 0 Å². The van der Waals surface area contributed by atoms with Gasteiger partial charge in [-0.1, -0.05) is 6.07 Å². The van der Waals surface area contributed by atoms with Crippen molar-refractivity contribution in [1.29, 1.82) is 0 Å². The number of anilines is 1. The van der Waals surface area contributed by atoms with E-state index in [4.69, 9.17) is 5.73 Å². The summed E-state index contributed by atoms with van der Waals surface area (Å²) >= 11 is 0.